The van der Waals surface area contributed by atoms with Gasteiger partial charge in [-0.3, -0.25) is 0 Å². The van der Waals surface area contributed by atoms with E-state index >= 15 is 0 Å². The standard InChI is InChI=1S/C20H26N6S2/c1-2-19-25-24-16-26(19)12-10-21-20(23-15-18-9-6-13-27-18)22-11-14-28-17-7-4-3-5-8-17/h3-9,13,16H,2,10-12,14-15H2,1H3,(H2,21,22,23). The van der Waals surface area contributed by atoms with E-state index < -0.39 is 0 Å². The summed E-state index contributed by atoms with van der Waals surface area (Å²) in [6.07, 6.45) is 2.67. The van der Waals surface area contributed by atoms with Crippen LogP contribution in [0.5, 0.6) is 0 Å². The van der Waals surface area contributed by atoms with Crippen LogP contribution in [0.1, 0.15) is 17.6 Å². The summed E-state index contributed by atoms with van der Waals surface area (Å²) >= 11 is 3.57. The van der Waals surface area contributed by atoms with Crippen LogP contribution in [0.4, 0.5) is 0 Å². The van der Waals surface area contributed by atoms with Gasteiger partial charge in [0.05, 0.1) is 6.54 Å². The molecule has 3 rings (SSSR count). The molecule has 28 heavy (non-hydrogen) atoms. The van der Waals surface area contributed by atoms with E-state index in [1.54, 1.807) is 17.7 Å². The molecule has 1 aromatic carbocycles. The molecular weight excluding hydrogens is 388 g/mol. The second kappa shape index (κ2) is 11.5. The van der Waals surface area contributed by atoms with Gasteiger partial charge in [-0.05, 0) is 23.6 Å². The molecule has 0 saturated carbocycles. The van der Waals surface area contributed by atoms with Crippen molar-refractivity contribution in [1.82, 2.24) is 25.4 Å². The van der Waals surface area contributed by atoms with Crippen LogP contribution >= 0.6 is 23.1 Å². The van der Waals surface area contributed by atoms with E-state index in [-0.39, 0.29) is 0 Å². The third kappa shape index (κ3) is 6.69. The smallest absolute Gasteiger partial charge is 0.191 e. The highest BCUT2D eigenvalue weighted by Gasteiger charge is 2.03. The van der Waals surface area contributed by atoms with Crippen molar-refractivity contribution < 1.29 is 0 Å². The van der Waals surface area contributed by atoms with E-state index in [2.05, 4.69) is 74.1 Å². The van der Waals surface area contributed by atoms with Crippen LogP contribution in [0.15, 0.2) is 64.1 Å². The number of nitrogens with zero attached hydrogens (tertiary/aromatic N) is 4. The summed E-state index contributed by atoms with van der Waals surface area (Å²) in [6.45, 7) is 5.21. The van der Waals surface area contributed by atoms with Gasteiger partial charge in [-0.15, -0.1) is 33.3 Å². The molecule has 0 spiro atoms. The average molecular weight is 415 g/mol. The first-order valence-corrected chi connectivity index (χ1v) is 11.3. The fourth-order valence-corrected chi connectivity index (χ4v) is 4.04. The number of hydrogen-bond donors (Lipinski definition) is 2. The third-order valence-corrected chi connectivity index (χ3v) is 5.91. The van der Waals surface area contributed by atoms with Crippen LogP contribution in [0, 0.1) is 0 Å². The Kier molecular flexibility index (Phi) is 8.39. The van der Waals surface area contributed by atoms with Gasteiger partial charge in [-0.1, -0.05) is 31.2 Å². The van der Waals surface area contributed by atoms with Gasteiger partial charge in [0.15, 0.2) is 5.96 Å². The average Bonchev–Trinajstić information content (AvgIpc) is 3.41. The van der Waals surface area contributed by atoms with Crippen molar-refractivity contribution in [2.45, 2.75) is 31.3 Å². The topological polar surface area (TPSA) is 67.1 Å². The van der Waals surface area contributed by atoms with Crippen molar-refractivity contribution >= 4 is 29.1 Å². The number of thiophene rings is 1. The van der Waals surface area contributed by atoms with Crippen molar-refractivity contribution in [3.8, 4) is 0 Å². The van der Waals surface area contributed by atoms with Crippen LogP contribution < -0.4 is 10.6 Å². The predicted molar refractivity (Wildman–Crippen MR) is 118 cm³/mol. The Morgan fingerprint density at radius 3 is 2.79 bits per heavy atom. The van der Waals surface area contributed by atoms with Gasteiger partial charge in [0.1, 0.15) is 12.2 Å². The Bertz CT molecular complexity index is 830. The molecule has 2 N–H and O–H groups in total. The summed E-state index contributed by atoms with van der Waals surface area (Å²) in [4.78, 5) is 7.27. The molecule has 2 heterocycles. The molecule has 0 atom stereocenters. The van der Waals surface area contributed by atoms with Gasteiger partial charge in [0, 0.05) is 41.6 Å². The zero-order valence-corrected chi connectivity index (χ0v) is 17.7. The van der Waals surface area contributed by atoms with E-state index in [9.17, 15) is 0 Å². The molecule has 0 saturated heterocycles. The molecule has 6 nitrogen and oxygen atoms in total. The Morgan fingerprint density at radius 1 is 1.14 bits per heavy atom. The lowest BCUT2D eigenvalue weighted by atomic mass is 10.4. The monoisotopic (exact) mass is 414 g/mol. The Labute approximate surface area is 174 Å². The predicted octanol–water partition coefficient (Wildman–Crippen LogP) is 3.43. The minimum absolute atomic E-state index is 0.686. The van der Waals surface area contributed by atoms with E-state index in [1.807, 2.05) is 17.8 Å². The summed E-state index contributed by atoms with van der Waals surface area (Å²) in [6, 6.07) is 14.6. The fourth-order valence-electron chi connectivity index (χ4n) is 2.62. The highest BCUT2D eigenvalue weighted by molar-refractivity contribution is 7.99. The zero-order chi connectivity index (χ0) is 19.4. The van der Waals surface area contributed by atoms with Crippen molar-refractivity contribution in [3.05, 3.63) is 64.9 Å². The summed E-state index contributed by atoms with van der Waals surface area (Å²) in [5, 5.41) is 17.1. The van der Waals surface area contributed by atoms with Crippen LogP contribution in [-0.2, 0) is 19.5 Å². The number of rotatable bonds is 10. The highest BCUT2D eigenvalue weighted by atomic mass is 32.2. The van der Waals surface area contributed by atoms with Gasteiger partial charge < -0.3 is 15.2 Å². The molecule has 148 valence electrons. The maximum atomic E-state index is 4.73. The lowest BCUT2D eigenvalue weighted by Gasteiger charge is -2.13. The number of aliphatic imine (C=N–C) groups is 1. The summed E-state index contributed by atoms with van der Waals surface area (Å²) in [5.41, 5.74) is 0. The van der Waals surface area contributed by atoms with E-state index in [0.29, 0.717) is 6.54 Å². The lowest BCUT2D eigenvalue weighted by Crippen LogP contribution is -2.40. The number of thioether (sulfide) groups is 1. The number of hydrogen-bond acceptors (Lipinski definition) is 5. The Morgan fingerprint density at radius 2 is 2.00 bits per heavy atom. The Balaban J connectivity index is 1.48. The molecule has 0 amide bonds. The minimum Gasteiger partial charge on any atom is -0.356 e. The second-order valence-corrected chi connectivity index (χ2v) is 8.25. The minimum atomic E-state index is 0.686. The fraction of sp³-hybridized carbons (Fsp3) is 0.350. The number of nitrogens with one attached hydrogen (secondary N) is 2. The first-order chi connectivity index (χ1) is 13.8. The maximum absolute atomic E-state index is 4.73. The van der Waals surface area contributed by atoms with Gasteiger partial charge in [0.25, 0.3) is 0 Å². The van der Waals surface area contributed by atoms with Crippen molar-refractivity contribution in [1.29, 1.82) is 0 Å². The number of aromatic nitrogens is 3. The van der Waals surface area contributed by atoms with Gasteiger partial charge in [0.2, 0.25) is 0 Å². The van der Waals surface area contributed by atoms with Crippen LogP contribution in [0.3, 0.4) is 0 Å². The molecule has 8 heteroatoms. The SMILES string of the molecule is CCc1nncn1CCNC(=NCc1cccs1)NCCSc1ccccc1. The molecule has 0 radical (unpaired) electrons. The highest BCUT2D eigenvalue weighted by Crippen LogP contribution is 2.15. The van der Waals surface area contributed by atoms with Crippen LogP contribution in [-0.4, -0.2) is 39.6 Å². The summed E-state index contributed by atoms with van der Waals surface area (Å²) in [7, 11) is 0. The van der Waals surface area contributed by atoms with Gasteiger partial charge in [-0.2, -0.15) is 0 Å². The van der Waals surface area contributed by atoms with Crippen LogP contribution in [0.25, 0.3) is 0 Å². The molecule has 3 aromatic rings. The normalized spacial score (nSPS) is 11.5. The molecule has 0 bridgehead atoms. The summed E-state index contributed by atoms with van der Waals surface area (Å²) in [5.74, 6) is 2.83. The zero-order valence-electron chi connectivity index (χ0n) is 16.0. The van der Waals surface area contributed by atoms with E-state index in [1.165, 1.54) is 9.77 Å². The molecule has 0 fully saturated rings. The first kappa shape index (κ1) is 20.4. The number of guanidine groups is 1. The van der Waals surface area contributed by atoms with E-state index in [0.717, 1.165) is 43.6 Å². The lowest BCUT2D eigenvalue weighted by molar-refractivity contribution is 0.633. The van der Waals surface area contributed by atoms with Crippen molar-refractivity contribution in [3.63, 3.8) is 0 Å². The van der Waals surface area contributed by atoms with Crippen molar-refractivity contribution in [2.75, 3.05) is 18.8 Å². The van der Waals surface area contributed by atoms with E-state index in [4.69, 9.17) is 4.99 Å². The quantitative estimate of drug-likeness (QED) is 0.230. The molecule has 0 aliphatic carbocycles. The van der Waals surface area contributed by atoms with Crippen molar-refractivity contribution in [2.24, 2.45) is 4.99 Å². The summed E-state index contributed by atoms with van der Waals surface area (Å²) < 4.78 is 2.08. The second-order valence-electron chi connectivity index (χ2n) is 6.05. The van der Waals surface area contributed by atoms with Crippen LogP contribution in [0.2, 0.25) is 0 Å². The molecule has 0 unspecified atom stereocenters. The number of benzene rings is 1. The molecular formula is C20H26N6S2. The molecule has 0 aliphatic rings. The van der Waals surface area contributed by atoms with Gasteiger partial charge >= 0.3 is 0 Å². The third-order valence-electron chi connectivity index (χ3n) is 4.04. The number of aryl methyl sites for hydroxylation is 1. The molecule has 2 aromatic heterocycles. The largest absolute Gasteiger partial charge is 0.356 e. The Hall–Kier alpha value is -2.32. The molecule has 0 aliphatic heterocycles. The first-order valence-electron chi connectivity index (χ1n) is 9.44. The van der Waals surface area contributed by atoms with Gasteiger partial charge in [-0.25, -0.2) is 4.99 Å². The maximum Gasteiger partial charge on any atom is 0.191 e.